The van der Waals surface area contributed by atoms with E-state index >= 15 is 0 Å². The van der Waals surface area contributed by atoms with Gasteiger partial charge in [0.2, 0.25) is 0 Å². The molecule has 1 heterocycles. The van der Waals surface area contributed by atoms with Crippen LogP contribution in [0.15, 0.2) is 54.6 Å². The number of aromatic amines is 1. The minimum Gasteiger partial charge on any atom is -0.349 e. The van der Waals surface area contributed by atoms with Crippen molar-refractivity contribution in [3.05, 3.63) is 64.7 Å². The second-order valence-electron chi connectivity index (χ2n) is 4.05. The number of benzene rings is 2. The van der Waals surface area contributed by atoms with Crippen molar-refractivity contribution in [2.24, 2.45) is 0 Å². The van der Waals surface area contributed by atoms with Crippen LogP contribution in [0.5, 0.6) is 0 Å². The molecule has 3 aromatic rings. The van der Waals surface area contributed by atoms with Gasteiger partial charge in [0, 0.05) is 17.1 Å². The highest BCUT2D eigenvalue weighted by Gasteiger charge is 2.13. The summed E-state index contributed by atoms with van der Waals surface area (Å²) in [6, 6.07) is 16.8. The van der Waals surface area contributed by atoms with E-state index in [1.54, 1.807) is 6.07 Å². The van der Waals surface area contributed by atoms with Gasteiger partial charge in [0.1, 0.15) is 5.52 Å². The van der Waals surface area contributed by atoms with Crippen molar-refractivity contribution >= 4 is 16.6 Å². The number of fused-ring (bicyclic) bond motifs is 1. The molecule has 0 saturated heterocycles. The molecule has 4 nitrogen and oxygen atoms in total. The van der Waals surface area contributed by atoms with Crippen LogP contribution in [-0.2, 0) is 0 Å². The van der Waals surface area contributed by atoms with E-state index in [2.05, 4.69) is 4.98 Å². The number of hydrogen-bond acceptors (Lipinski definition) is 2. The molecule has 0 fully saturated rings. The van der Waals surface area contributed by atoms with E-state index in [9.17, 15) is 10.1 Å². The zero-order valence-corrected chi connectivity index (χ0v) is 9.46. The molecule has 18 heavy (non-hydrogen) atoms. The van der Waals surface area contributed by atoms with Gasteiger partial charge in [-0.15, -0.1) is 0 Å². The molecule has 2 aromatic carbocycles. The first-order valence-electron chi connectivity index (χ1n) is 5.57. The standard InChI is InChI=1S/C14H10N2O2/c17-16(18)13-8-4-7-11-9-12(15-14(11)13)10-5-2-1-3-6-10/h1-9,15H. The predicted octanol–water partition coefficient (Wildman–Crippen LogP) is 3.74. The average molecular weight is 238 g/mol. The van der Waals surface area contributed by atoms with Gasteiger partial charge >= 0.3 is 0 Å². The van der Waals surface area contributed by atoms with Gasteiger partial charge < -0.3 is 4.98 Å². The van der Waals surface area contributed by atoms with Crippen molar-refractivity contribution in [1.82, 2.24) is 4.98 Å². The molecule has 1 aromatic heterocycles. The summed E-state index contributed by atoms with van der Waals surface area (Å²) in [5, 5.41) is 11.8. The minimum absolute atomic E-state index is 0.106. The van der Waals surface area contributed by atoms with Gasteiger partial charge in [-0.2, -0.15) is 0 Å². The topological polar surface area (TPSA) is 58.9 Å². The monoisotopic (exact) mass is 238 g/mol. The number of para-hydroxylation sites is 1. The molecule has 0 aliphatic rings. The van der Waals surface area contributed by atoms with Crippen LogP contribution in [-0.4, -0.2) is 9.91 Å². The molecule has 0 aliphatic heterocycles. The first kappa shape index (κ1) is 10.5. The summed E-state index contributed by atoms with van der Waals surface area (Å²) in [7, 11) is 0. The quantitative estimate of drug-likeness (QED) is 0.546. The Morgan fingerprint density at radius 2 is 1.78 bits per heavy atom. The Bertz CT molecular complexity index is 717. The van der Waals surface area contributed by atoms with Gasteiger partial charge in [-0.25, -0.2) is 0 Å². The highest BCUT2D eigenvalue weighted by atomic mass is 16.6. The third kappa shape index (κ3) is 1.64. The van der Waals surface area contributed by atoms with Crippen molar-refractivity contribution in [3.8, 4) is 11.3 Å². The van der Waals surface area contributed by atoms with E-state index in [0.29, 0.717) is 5.52 Å². The van der Waals surface area contributed by atoms with Crippen molar-refractivity contribution in [2.45, 2.75) is 0 Å². The number of non-ortho nitro benzene ring substituents is 1. The van der Waals surface area contributed by atoms with Crippen LogP contribution in [0.1, 0.15) is 0 Å². The molecule has 0 unspecified atom stereocenters. The lowest BCUT2D eigenvalue weighted by Gasteiger charge is -1.95. The van der Waals surface area contributed by atoms with Gasteiger partial charge in [-0.1, -0.05) is 42.5 Å². The van der Waals surface area contributed by atoms with Crippen LogP contribution >= 0.6 is 0 Å². The fourth-order valence-electron chi connectivity index (χ4n) is 2.07. The largest absolute Gasteiger partial charge is 0.349 e. The van der Waals surface area contributed by atoms with E-state index in [1.807, 2.05) is 42.5 Å². The van der Waals surface area contributed by atoms with Gasteiger partial charge in [0.05, 0.1) is 4.92 Å². The minimum atomic E-state index is -0.367. The van der Waals surface area contributed by atoms with E-state index in [0.717, 1.165) is 16.6 Å². The van der Waals surface area contributed by atoms with Gasteiger partial charge in [-0.3, -0.25) is 10.1 Å². The number of hydrogen-bond donors (Lipinski definition) is 1. The van der Waals surface area contributed by atoms with Crippen LogP contribution < -0.4 is 0 Å². The third-order valence-corrected chi connectivity index (χ3v) is 2.92. The van der Waals surface area contributed by atoms with Gasteiger partial charge in [0.25, 0.3) is 5.69 Å². The van der Waals surface area contributed by atoms with Crippen LogP contribution in [0.4, 0.5) is 5.69 Å². The Morgan fingerprint density at radius 1 is 1.00 bits per heavy atom. The second kappa shape index (κ2) is 4.00. The first-order valence-corrected chi connectivity index (χ1v) is 5.57. The smallest absolute Gasteiger partial charge is 0.293 e. The average Bonchev–Trinajstić information content (AvgIpc) is 2.83. The molecule has 0 amide bonds. The number of nitro benzene ring substituents is 1. The highest BCUT2D eigenvalue weighted by Crippen LogP contribution is 2.29. The Morgan fingerprint density at radius 3 is 2.50 bits per heavy atom. The molecule has 88 valence electrons. The van der Waals surface area contributed by atoms with Gasteiger partial charge in [0.15, 0.2) is 0 Å². The normalized spacial score (nSPS) is 10.7. The summed E-state index contributed by atoms with van der Waals surface area (Å²) in [5.41, 5.74) is 2.58. The van der Waals surface area contributed by atoms with Crippen molar-refractivity contribution in [2.75, 3.05) is 0 Å². The Balaban J connectivity index is 2.23. The van der Waals surface area contributed by atoms with E-state index in [-0.39, 0.29) is 10.6 Å². The molecule has 3 rings (SSSR count). The lowest BCUT2D eigenvalue weighted by Crippen LogP contribution is -1.88. The fraction of sp³-hybridized carbons (Fsp3) is 0. The molecule has 0 saturated carbocycles. The molecule has 1 N–H and O–H groups in total. The number of nitrogens with zero attached hydrogens (tertiary/aromatic N) is 1. The zero-order valence-electron chi connectivity index (χ0n) is 9.46. The summed E-state index contributed by atoms with van der Waals surface area (Å²) in [4.78, 5) is 13.7. The number of rotatable bonds is 2. The molecule has 0 bridgehead atoms. The Hall–Kier alpha value is -2.62. The summed E-state index contributed by atoms with van der Waals surface area (Å²) < 4.78 is 0. The summed E-state index contributed by atoms with van der Waals surface area (Å²) >= 11 is 0. The van der Waals surface area contributed by atoms with E-state index < -0.39 is 0 Å². The summed E-state index contributed by atoms with van der Waals surface area (Å²) in [6.07, 6.45) is 0. The zero-order chi connectivity index (χ0) is 12.5. The van der Waals surface area contributed by atoms with Crippen LogP contribution in [0.2, 0.25) is 0 Å². The second-order valence-corrected chi connectivity index (χ2v) is 4.05. The van der Waals surface area contributed by atoms with E-state index in [1.165, 1.54) is 6.07 Å². The molecule has 4 heteroatoms. The molecule has 0 spiro atoms. The maximum atomic E-state index is 10.9. The summed E-state index contributed by atoms with van der Waals surface area (Å²) in [5.74, 6) is 0. The molecule has 0 aliphatic carbocycles. The molecular formula is C14H10N2O2. The van der Waals surface area contributed by atoms with E-state index in [4.69, 9.17) is 0 Å². The number of H-pyrrole nitrogens is 1. The number of nitro groups is 1. The lowest BCUT2D eigenvalue weighted by molar-refractivity contribution is -0.383. The molecule has 0 atom stereocenters. The van der Waals surface area contributed by atoms with Crippen molar-refractivity contribution in [3.63, 3.8) is 0 Å². The van der Waals surface area contributed by atoms with Gasteiger partial charge in [-0.05, 0) is 11.6 Å². The predicted molar refractivity (Wildman–Crippen MR) is 70.4 cm³/mol. The SMILES string of the molecule is O=[N+]([O-])c1cccc2cc(-c3ccccc3)[nH]c12. The number of nitrogens with one attached hydrogen (secondary N) is 1. The maximum Gasteiger partial charge on any atom is 0.293 e. The Kier molecular flexibility index (Phi) is 2.34. The maximum absolute atomic E-state index is 10.9. The third-order valence-electron chi connectivity index (χ3n) is 2.92. The van der Waals surface area contributed by atoms with Crippen molar-refractivity contribution in [1.29, 1.82) is 0 Å². The van der Waals surface area contributed by atoms with Crippen LogP contribution in [0.3, 0.4) is 0 Å². The fourth-order valence-corrected chi connectivity index (χ4v) is 2.07. The van der Waals surface area contributed by atoms with Crippen LogP contribution in [0.25, 0.3) is 22.2 Å². The number of aromatic nitrogens is 1. The lowest BCUT2D eigenvalue weighted by atomic mass is 10.1. The molecule has 0 radical (unpaired) electrons. The summed E-state index contributed by atoms with van der Waals surface area (Å²) in [6.45, 7) is 0. The van der Waals surface area contributed by atoms with Crippen molar-refractivity contribution < 1.29 is 4.92 Å². The highest BCUT2D eigenvalue weighted by molar-refractivity contribution is 5.92. The first-order chi connectivity index (χ1) is 8.75. The van der Waals surface area contributed by atoms with Crippen LogP contribution in [0, 0.1) is 10.1 Å². The Labute approximate surface area is 103 Å². The molecular weight excluding hydrogens is 228 g/mol.